The van der Waals surface area contributed by atoms with Crippen LogP contribution in [0.25, 0.3) is 0 Å². The summed E-state index contributed by atoms with van der Waals surface area (Å²) < 4.78 is 5.13. The van der Waals surface area contributed by atoms with E-state index in [1.807, 2.05) is 42.3 Å². The van der Waals surface area contributed by atoms with Crippen LogP contribution in [0.2, 0.25) is 0 Å². The van der Waals surface area contributed by atoms with Crippen molar-refractivity contribution in [2.24, 2.45) is 0 Å². The second kappa shape index (κ2) is 4.74. The molecular formula is C13H15N3O. The standard InChI is InChI=1S/C13H15N3O/c1-16(13-7-8-15-9-12(13)14)10-3-5-11(17-2)6-4-10/h3-9H,14H2,1-2H3. The van der Waals surface area contributed by atoms with Crippen LogP contribution in [-0.4, -0.2) is 19.1 Å². The number of anilines is 3. The van der Waals surface area contributed by atoms with Crippen LogP contribution in [0.4, 0.5) is 17.1 Å². The molecule has 0 atom stereocenters. The molecule has 17 heavy (non-hydrogen) atoms. The van der Waals surface area contributed by atoms with Gasteiger partial charge in [-0.05, 0) is 30.3 Å². The number of nitrogens with zero attached hydrogens (tertiary/aromatic N) is 2. The maximum Gasteiger partial charge on any atom is 0.119 e. The van der Waals surface area contributed by atoms with Crippen molar-refractivity contribution >= 4 is 17.1 Å². The van der Waals surface area contributed by atoms with Crippen molar-refractivity contribution in [2.75, 3.05) is 24.8 Å². The van der Waals surface area contributed by atoms with Gasteiger partial charge in [-0.2, -0.15) is 0 Å². The van der Waals surface area contributed by atoms with Crippen molar-refractivity contribution in [2.45, 2.75) is 0 Å². The molecule has 1 heterocycles. The third kappa shape index (κ3) is 2.30. The lowest BCUT2D eigenvalue weighted by Gasteiger charge is -2.21. The Balaban J connectivity index is 2.30. The van der Waals surface area contributed by atoms with Gasteiger partial charge in [-0.25, -0.2) is 0 Å². The molecule has 4 nitrogen and oxygen atoms in total. The first-order chi connectivity index (χ1) is 8.22. The number of hydrogen-bond acceptors (Lipinski definition) is 4. The van der Waals surface area contributed by atoms with Crippen molar-refractivity contribution in [3.05, 3.63) is 42.7 Å². The fourth-order valence-corrected chi connectivity index (χ4v) is 1.65. The zero-order valence-electron chi connectivity index (χ0n) is 9.92. The minimum atomic E-state index is 0.658. The van der Waals surface area contributed by atoms with Crippen LogP contribution in [0.1, 0.15) is 0 Å². The Morgan fingerprint density at radius 1 is 1.18 bits per heavy atom. The van der Waals surface area contributed by atoms with Gasteiger partial charge in [-0.3, -0.25) is 4.98 Å². The summed E-state index contributed by atoms with van der Waals surface area (Å²) in [6.07, 6.45) is 3.38. The van der Waals surface area contributed by atoms with Crippen molar-refractivity contribution in [3.63, 3.8) is 0 Å². The summed E-state index contributed by atoms with van der Waals surface area (Å²) >= 11 is 0. The lowest BCUT2D eigenvalue weighted by Crippen LogP contribution is -2.11. The predicted molar refractivity (Wildman–Crippen MR) is 69.7 cm³/mol. The van der Waals surface area contributed by atoms with E-state index in [0.717, 1.165) is 17.1 Å². The maximum absolute atomic E-state index is 5.89. The largest absolute Gasteiger partial charge is 0.497 e. The van der Waals surface area contributed by atoms with Gasteiger partial charge in [0.15, 0.2) is 0 Å². The molecule has 2 aromatic rings. The van der Waals surface area contributed by atoms with E-state index < -0.39 is 0 Å². The summed E-state index contributed by atoms with van der Waals surface area (Å²) in [5.74, 6) is 0.838. The SMILES string of the molecule is COc1ccc(N(C)c2ccncc2N)cc1. The molecule has 0 radical (unpaired) electrons. The minimum absolute atomic E-state index is 0.658. The number of aromatic nitrogens is 1. The molecule has 0 spiro atoms. The normalized spacial score (nSPS) is 10.0. The van der Waals surface area contributed by atoms with Gasteiger partial charge >= 0.3 is 0 Å². The van der Waals surface area contributed by atoms with E-state index in [-0.39, 0.29) is 0 Å². The van der Waals surface area contributed by atoms with E-state index >= 15 is 0 Å². The van der Waals surface area contributed by atoms with Gasteiger partial charge in [0.25, 0.3) is 0 Å². The molecule has 0 amide bonds. The molecule has 0 aliphatic carbocycles. The van der Waals surface area contributed by atoms with E-state index in [1.165, 1.54) is 0 Å². The fourth-order valence-electron chi connectivity index (χ4n) is 1.65. The van der Waals surface area contributed by atoms with Gasteiger partial charge < -0.3 is 15.4 Å². The van der Waals surface area contributed by atoms with Gasteiger partial charge in [0.05, 0.1) is 24.7 Å². The quantitative estimate of drug-likeness (QED) is 0.878. The van der Waals surface area contributed by atoms with Crippen LogP contribution in [0.5, 0.6) is 5.75 Å². The highest BCUT2D eigenvalue weighted by Gasteiger charge is 2.06. The monoisotopic (exact) mass is 229 g/mol. The highest BCUT2D eigenvalue weighted by molar-refractivity contribution is 5.73. The third-order valence-corrected chi connectivity index (χ3v) is 2.65. The van der Waals surface area contributed by atoms with Gasteiger partial charge in [0.1, 0.15) is 5.75 Å². The molecule has 1 aromatic heterocycles. The van der Waals surface area contributed by atoms with Gasteiger partial charge in [0.2, 0.25) is 0 Å². The number of nitrogen functional groups attached to an aromatic ring is 1. The van der Waals surface area contributed by atoms with E-state index in [1.54, 1.807) is 19.5 Å². The lowest BCUT2D eigenvalue weighted by molar-refractivity contribution is 0.415. The topological polar surface area (TPSA) is 51.4 Å². The minimum Gasteiger partial charge on any atom is -0.497 e. The van der Waals surface area contributed by atoms with Gasteiger partial charge in [-0.15, -0.1) is 0 Å². The smallest absolute Gasteiger partial charge is 0.119 e. The number of ether oxygens (including phenoxy) is 1. The molecule has 0 aliphatic heterocycles. The summed E-state index contributed by atoms with van der Waals surface area (Å²) in [7, 11) is 3.62. The first-order valence-electron chi connectivity index (χ1n) is 5.29. The Kier molecular flexibility index (Phi) is 3.14. The number of rotatable bonds is 3. The first kappa shape index (κ1) is 11.3. The number of methoxy groups -OCH3 is 1. The molecule has 2 rings (SSSR count). The molecule has 0 fully saturated rings. The molecule has 4 heteroatoms. The summed E-state index contributed by atoms with van der Waals surface area (Å²) in [5, 5.41) is 0. The molecule has 2 N–H and O–H groups in total. The van der Waals surface area contributed by atoms with Crippen molar-refractivity contribution < 1.29 is 4.74 Å². The fraction of sp³-hybridized carbons (Fsp3) is 0.154. The summed E-state index contributed by atoms with van der Waals surface area (Å²) in [6, 6.07) is 9.70. The Morgan fingerprint density at radius 3 is 2.47 bits per heavy atom. The molecule has 0 bridgehead atoms. The Hall–Kier alpha value is -2.23. The van der Waals surface area contributed by atoms with Crippen LogP contribution >= 0.6 is 0 Å². The van der Waals surface area contributed by atoms with Crippen molar-refractivity contribution in [3.8, 4) is 5.75 Å². The van der Waals surface area contributed by atoms with Gasteiger partial charge in [-0.1, -0.05) is 0 Å². The Labute approximate surface area is 101 Å². The molecule has 0 aliphatic rings. The van der Waals surface area contributed by atoms with E-state index in [9.17, 15) is 0 Å². The third-order valence-electron chi connectivity index (χ3n) is 2.65. The number of nitrogens with two attached hydrogens (primary N) is 1. The Morgan fingerprint density at radius 2 is 1.88 bits per heavy atom. The highest BCUT2D eigenvalue weighted by Crippen LogP contribution is 2.28. The number of benzene rings is 1. The van der Waals surface area contributed by atoms with Crippen LogP contribution < -0.4 is 15.4 Å². The second-order valence-corrected chi connectivity index (χ2v) is 3.69. The zero-order chi connectivity index (χ0) is 12.3. The summed E-state index contributed by atoms with van der Waals surface area (Å²) in [6.45, 7) is 0. The highest BCUT2D eigenvalue weighted by atomic mass is 16.5. The predicted octanol–water partition coefficient (Wildman–Crippen LogP) is 2.44. The van der Waals surface area contributed by atoms with E-state index in [0.29, 0.717) is 5.69 Å². The van der Waals surface area contributed by atoms with E-state index in [4.69, 9.17) is 10.5 Å². The first-order valence-corrected chi connectivity index (χ1v) is 5.29. The van der Waals surface area contributed by atoms with Crippen LogP contribution in [0, 0.1) is 0 Å². The molecule has 0 saturated heterocycles. The number of pyridine rings is 1. The summed E-state index contributed by atoms with van der Waals surface area (Å²) in [5.41, 5.74) is 8.52. The summed E-state index contributed by atoms with van der Waals surface area (Å²) in [4.78, 5) is 5.99. The lowest BCUT2D eigenvalue weighted by atomic mass is 10.2. The maximum atomic E-state index is 5.89. The average Bonchev–Trinajstić information content (AvgIpc) is 2.39. The average molecular weight is 229 g/mol. The van der Waals surface area contributed by atoms with Crippen LogP contribution in [-0.2, 0) is 0 Å². The number of hydrogen-bond donors (Lipinski definition) is 1. The van der Waals surface area contributed by atoms with Crippen molar-refractivity contribution in [1.82, 2.24) is 4.98 Å². The Bertz CT molecular complexity index is 496. The van der Waals surface area contributed by atoms with Crippen LogP contribution in [0.3, 0.4) is 0 Å². The molecule has 1 aromatic carbocycles. The van der Waals surface area contributed by atoms with Crippen molar-refractivity contribution in [1.29, 1.82) is 0 Å². The zero-order valence-corrected chi connectivity index (χ0v) is 9.92. The molecular weight excluding hydrogens is 214 g/mol. The van der Waals surface area contributed by atoms with Crippen LogP contribution in [0.15, 0.2) is 42.7 Å². The van der Waals surface area contributed by atoms with E-state index in [2.05, 4.69) is 4.98 Å². The molecule has 0 saturated carbocycles. The second-order valence-electron chi connectivity index (χ2n) is 3.69. The van der Waals surface area contributed by atoms with Gasteiger partial charge in [0, 0.05) is 18.9 Å². The molecule has 0 unspecified atom stereocenters. The molecule has 88 valence electrons.